The molecule has 0 aliphatic heterocycles. The van der Waals surface area contributed by atoms with Crippen LogP contribution in [-0.4, -0.2) is 70.6 Å². The molecule has 0 aliphatic rings. The van der Waals surface area contributed by atoms with Gasteiger partial charge in [0.2, 0.25) is 23.6 Å². The van der Waals surface area contributed by atoms with Gasteiger partial charge in [-0.1, -0.05) is 34.1 Å². The molecule has 0 heterocycles. The maximum atomic E-state index is 12.8. The third-order valence-electron chi connectivity index (χ3n) is 4.60. The van der Waals surface area contributed by atoms with E-state index in [-0.39, 0.29) is 11.8 Å². The average molecular weight is 431 g/mol. The first-order chi connectivity index (χ1) is 13.8. The highest BCUT2D eigenvalue weighted by Gasteiger charge is 2.33. The van der Waals surface area contributed by atoms with Crippen molar-refractivity contribution in [1.82, 2.24) is 16.0 Å². The van der Waals surface area contributed by atoms with Gasteiger partial charge in [-0.3, -0.25) is 19.2 Å². The van der Waals surface area contributed by atoms with Crippen molar-refractivity contribution in [2.24, 2.45) is 23.3 Å². The predicted molar refractivity (Wildman–Crippen MR) is 107 cm³/mol. The second-order valence-electron chi connectivity index (χ2n) is 7.46. The molecule has 0 aromatic carbocycles. The van der Waals surface area contributed by atoms with Crippen molar-refractivity contribution in [3.63, 3.8) is 0 Å². The van der Waals surface area contributed by atoms with Crippen LogP contribution in [0, 0.1) is 11.8 Å². The van der Waals surface area contributed by atoms with Crippen LogP contribution < -0.4 is 27.4 Å². The monoisotopic (exact) mass is 431 g/mol. The molecule has 0 rings (SSSR count). The number of carboxylic acids is 1. The van der Waals surface area contributed by atoms with Crippen LogP contribution in [0.4, 0.5) is 0 Å². The fourth-order valence-electron chi connectivity index (χ4n) is 2.50. The minimum absolute atomic E-state index is 0.372. The summed E-state index contributed by atoms with van der Waals surface area (Å²) in [6, 6.07) is -4.92. The van der Waals surface area contributed by atoms with Gasteiger partial charge in [0.05, 0.1) is 19.1 Å². The van der Waals surface area contributed by atoms with E-state index in [1.165, 1.54) is 0 Å². The average Bonchev–Trinajstić information content (AvgIpc) is 2.65. The van der Waals surface area contributed by atoms with Gasteiger partial charge in [0.25, 0.3) is 0 Å². The number of rotatable bonds is 13. The second kappa shape index (κ2) is 12.8. The summed E-state index contributed by atoms with van der Waals surface area (Å²) in [6.45, 7) is 5.97. The molecule has 0 aromatic rings. The molecule has 0 bridgehead atoms. The molecule has 5 unspecified atom stereocenters. The molecule has 0 saturated carbocycles. The fraction of sp³-hybridized carbons (Fsp3) is 0.722. The van der Waals surface area contributed by atoms with Crippen LogP contribution in [0.5, 0.6) is 0 Å². The van der Waals surface area contributed by atoms with Crippen LogP contribution in [0.1, 0.15) is 40.5 Å². The van der Waals surface area contributed by atoms with E-state index in [2.05, 4.69) is 16.0 Å². The Bertz CT molecular complexity index is 640. The van der Waals surface area contributed by atoms with Gasteiger partial charge in [0.1, 0.15) is 18.1 Å². The quantitative estimate of drug-likeness (QED) is 0.164. The van der Waals surface area contributed by atoms with E-state index in [0.717, 1.165) is 0 Å². The van der Waals surface area contributed by atoms with Gasteiger partial charge in [-0.25, -0.2) is 4.79 Å². The van der Waals surface area contributed by atoms with Crippen molar-refractivity contribution < 1.29 is 34.2 Å². The Kier molecular flexibility index (Phi) is 11.6. The predicted octanol–water partition coefficient (Wildman–Crippen LogP) is -2.58. The van der Waals surface area contributed by atoms with Gasteiger partial charge < -0.3 is 37.6 Å². The van der Waals surface area contributed by atoms with Crippen LogP contribution in [0.25, 0.3) is 0 Å². The molecule has 0 spiro atoms. The number of aliphatic hydroxyl groups excluding tert-OH is 1. The molecule has 0 aliphatic carbocycles. The lowest BCUT2D eigenvalue weighted by Gasteiger charge is -2.29. The molecule has 9 N–H and O–H groups in total. The number of carboxylic acid groups (broad SMARTS) is 1. The van der Waals surface area contributed by atoms with Crippen molar-refractivity contribution >= 4 is 29.6 Å². The van der Waals surface area contributed by atoms with E-state index in [4.69, 9.17) is 21.7 Å². The van der Waals surface area contributed by atoms with Crippen LogP contribution in [0.15, 0.2) is 0 Å². The van der Waals surface area contributed by atoms with Crippen LogP contribution in [0.3, 0.4) is 0 Å². The minimum atomic E-state index is -1.52. The zero-order valence-electron chi connectivity index (χ0n) is 17.7. The number of hydrogen-bond acceptors (Lipinski definition) is 7. The van der Waals surface area contributed by atoms with E-state index in [1.54, 1.807) is 27.7 Å². The van der Waals surface area contributed by atoms with Crippen molar-refractivity contribution in [3.8, 4) is 0 Å². The number of nitrogens with two attached hydrogens (primary N) is 2. The zero-order chi connectivity index (χ0) is 23.6. The van der Waals surface area contributed by atoms with Gasteiger partial charge in [-0.2, -0.15) is 0 Å². The van der Waals surface area contributed by atoms with Crippen molar-refractivity contribution in [3.05, 3.63) is 0 Å². The SMILES string of the molecule is CCC(C)C(NC(=O)C(NC(=O)C(N)CC(N)=O)C(C)C)C(=O)NC(CO)C(=O)O. The van der Waals surface area contributed by atoms with E-state index in [0.29, 0.717) is 6.42 Å². The van der Waals surface area contributed by atoms with Crippen molar-refractivity contribution in [2.45, 2.75) is 64.7 Å². The fourth-order valence-corrected chi connectivity index (χ4v) is 2.50. The molecular formula is C18H33N5O7. The summed E-state index contributed by atoms with van der Waals surface area (Å²) in [4.78, 5) is 59.5. The van der Waals surface area contributed by atoms with Crippen LogP contribution >= 0.6 is 0 Å². The van der Waals surface area contributed by atoms with E-state index < -0.39 is 66.8 Å². The largest absolute Gasteiger partial charge is 0.480 e. The van der Waals surface area contributed by atoms with Gasteiger partial charge in [0.15, 0.2) is 0 Å². The molecule has 4 amide bonds. The van der Waals surface area contributed by atoms with Crippen molar-refractivity contribution in [1.29, 1.82) is 0 Å². The summed E-state index contributed by atoms with van der Waals surface area (Å²) in [5.74, 6) is -5.16. The number of hydrogen-bond donors (Lipinski definition) is 7. The standard InChI is InChI=1S/C18H33N5O7/c1-5-9(4)14(17(28)21-11(7-24)18(29)30)23-16(27)13(8(2)3)22-15(26)10(19)6-12(20)25/h8-11,13-14,24H,5-7,19H2,1-4H3,(H2,20,25)(H,21,28)(H,22,26)(H,23,27)(H,29,30). The minimum Gasteiger partial charge on any atom is -0.480 e. The van der Waals surface area contributed by atoms with E-state index >= 15 is 0 Å². The van der Waals surface area contributed by atoms with Gasteiger partial charge in [-0.05, 0) is 11.8 Å². The first-order valence-electron chi connectivity index (χ1n) is 9.64. The Morgan fingerprint density at radius 1 is 0.900 bits per heavy atom. The van der Waals surface area contributed by atoms with Crippen LogP contribution in [0.2, 0.25) is 0 Å². The highest BCUT2D eigenvalue weighted by molar-refractivity contribution is 5.95. The highest BCUT2D eigenvalue weighted by Crippen LogP contribution is 2.11. The third kappa shape index (κ3) is 8.74. The number of primary amides is 1. The summed E-state index contributed by atoms with van der Waals surface area (Å²) in [7, 11) is 0. The normalized spacial score (nSPS) is 16.0. The second-order valence-corrected chi connectivity index (χ2v) is 7.46. The topological polar surface area (TPSA) is 214 Å². The lowest BCUT2D eigenvalue weighted by Crippen LogP contribution is -2.60. The molecular weight excluding hydrogens is 398 g/mol. The van der Waals surface area contributed by atoms with E-state index in [1.807, 2.05) is 0 Å². The molecule has 172 valence electrons. The van der Waals surface area contributed by atoms with Gasteiger partial charge in [-0.15, -0.1) is 0 Å². The van der Waals surface area contributed by atoms with E-state index in [9.17, 15) is 24.0 Å². The molecule has 0 saturated heterocycles. The summed E-state index contributed by atoms with van der Waals surface area (Å²) < 4.78 is 0. The maximum Gasteiger partial charge on any atom is 0.328 e. The number of aliphatic hydroxyl groups is 1. The molecule has 5 atom stereocenters. The van der Waals surface area contributed by atoms with Gasteiger partial charge >= 0.3 is 5.97 Å². The number of carbonyl (C=O) groups excluding carboxylic acids is 4. The summed E-state index contributed by atoms with van der Waals surface area (Å²) >= 11 is 0. The number of carbonyl (C=O) groups is 5. The summed E-state index contributed by atoms with van der Waals surface area (Å²) in [5.41, 5.74) is 10.6. The molecule has 0 aromatic heterocycles. The number of aliphatic carboxylic acids is 1. The summed E-state index contributed by atoms with van der Waals surface area (Å²) in [6.07, 6.45) is 0.0886. The first-order valence-corrected chi connectivity index (χ1v) is 9.64. The summed E-state index contributed by atoms with van der Waals surface area (Å²) in [5, 5.41) is 25.3. The Morgan fingerprint density at radius 3 is 1.80 bits per heavy atom. The lowest BCUT2D eigenvalue weighted by atomic mass is 9.96. The number of amides is 4. The Morgan fingerprint density at radius 2 is 1.40 bits per heavy atom. The molecule has 12 heteroatoms. The first kappa shape index (κ1) is 27.3. The number of nitrogens with one attached hydrogen (secondary N) is 3. The Hall–Kier alpha value is -2.73. The maximum absolute atomic E-state index is 12.8. The van der Waals surface area contributed by atoms with Gasteiger partial charge in [0, 0.05) is 0 Å². The Labute approximate surface area is 175 Å². The molecule has 12 nitrogen and oxygen atoms in total. The molecule has 30 heavy (non-hydrogen) atoms. The molecule has 0 fully saturated rings. The Balaban J connectivity index is 5.41. The lowest BCUT2D eigenvalue weighted by molar-refractivity contribution is -0.143. The zero-order valence-corrected chi connectivity index (χ0v) is 17.7. The molecule has 0 radical (unpaired) electrons. The van der Waals surface area contributed by atoms with Crippen LogP contribution in [-0.2, 0) is 24.0 Å². The van der Waals surface area contributed by atoms with Crippen molar-refractivity contribution in [2.75, 3.05) is 6.61 Å². The smallest absolute Gasteiger partial charge is 0.328 e. The third-order valence-corrected chi connectivity index (χ3v) is 4.60. The highest BCUT2D eigenvalue weighted by atomic mass is 16.4.